The molecule has 0 unspecified atom stereocenters. The maximum Gasteiger partial charge on any atom is 0.277 e. The van der Waals surface area contributed by atoms with Crippen LogP contribution in [0.5, 0.6) is 5.75 Å². The van der Waals surface area contributed by atoms with Crippen LogP contribution in [0.1, 0.15) is 11.1 Å². The van der Waals surface area contributed by atoms with Crippen molar-refractivity contribution >= 4 is 23.0 Å². The van der Waals surface area contributed by atoms with E-state index in [1.54, 1.807) is 18.3 Å². The van der Waals surface area contributed by atoms with Gasteiger partial charge in [0.05, 0.1) is 6.21 Å². The van der Waals surface area contributed by atoms with Gasteiger partial charge in [-0.05, 0) is 23.8 Å². The zero-order chi connectivity index (χ0) is 19.9. The van der Waals surface area contributed by atoms with Gasteiger partial charge in [-0.15, -0.1) is 0 Å². The van der Waals surface area contributed by atoms with Crippen molar-refractivity contribution in [2.24, 2.45) is 5.10 Å². The summed E-state index contributed by atoms with van der Waals surface area (Å²) >= 11 is 0. The van der Waals surface area contributed by atoms with Crippen LogP contribution >= 0.6 is 0 Å². The van der Waals surface area contributed by atoms with E-state index >= 15 is 0 Å². The van der Waals surface area contributed by atoms with Gasteiger partial charge in [0.25, 0.3) is 5.91 Å². The summed E-state index contributed by atoms with van der Waals surface area (Å²) in [6.45, 7) is 0.684. The highest BCUT2D eigenvalue weighted by atomic mass is 16.5. The van der Waals surface area contributed by atoms with Gasteiger partial charge in [0.1, 0.15) is 5.75 Å². The average molecular weight is 383 g/mol. The Hall–Kier alpha value is -3.86. The molecule has 0 aliphatic heterocycles. The minimum Gasteiger partial charge on any atom is -0.484 e. The van der Waals surface area contributed by atoms with Crippen molar-refractivity contribution in [3.63, 3.8) is 0 Å². The van der Waals surface area contributed by atoms with Crippen LogP contribution in [0.4, 0.5) is 0 Å². The zero-order valence-electron chi connectivity index (χ0n) is 15.9. The van der Waals surface area contributed by atoms with Crippen molar-refractivity contribution < 1.29 is 9.53 Å². The summed E-state index contributed by atoms with van der Waals surface area (Å²) in [6, 6.07) is 27.7. The van der Waals surface area contributed by atoms with Crippen LogP contribution in [-0.4, -0.2) is 23.3 Å². The van der Waals surface area contributed by atoms with Gasteiger partial charge in [0.2, 0.25) is 0 Å². The predicted octanol–water partition coefficient (Wildman–Crippen LogP) is 4.22. The molecule has 0 fully saturated rings. The van der Waals surface area contributed by atoms with E-state index in [1.807, 2.05) is 54.7 Å². The Kier molecular flexibility index (Phi) is 5.67. The van der Waals surface area contributed by atoms with Gasteiger partial charge in [-0.25, -0.2) is 5.43 Å². The normalized spacial score (nSPS) is 11.0. The average Bonchev–Trinajstić information content (AvgIpc) is 3.11. The van der Waals surface area contributed by atoms with E-state index in [-0.39, 0.29) is 12.5 Å². The minimum atomic E-state index is -0.307. The van der Waals surface area contributed by atoms with E-state index in [0.717, 1.165) is 23.0 Å². The SMILES string of the molecule is O=C(COc1ccccc1)N/N=C/c1cn(Cc2ccccc2)c2ccccc12. The second kappa shape index (κ2) is 8.89. The fourth-order valence-electron chi connectivity index (χ4n) is 3.16. The third kappa shape index (κ3) is 4.71. The second-order valence-corrected chi connectivity index (χ2v) is 6.61. The number of hydrogen-bond donors (Lipinski definition) is 1. The highest BCUT2D eigenvalue weighted by molar-refractivity contribution is 5.99. The lowest BCUT2D eigenvalue weighted by molar-refractivity contribution is -0.123. The van der Waals surface area contributed by atoms with Crippen molar-refractivity contribution in [2.75, 3.05) is 6.61 Å². The molecule has 0 aliphatic rings. The Bertz CT molecular complexity index is 1120. The number of aromatic nitrogens is 1. The van der Waals surface area contributed by atoms with Crippen LogP contribution in [0, 0.1) is 0 Å². The molecule has 1 N–H and O–H groups in total. The molecule has 0 spiro atoms. The number of amides is 1. The molecule has 0 atom stereocenters. The lowest BCUT2D eigenvalue weighted by Crippen LogP contribution is -2.24. The molecular weight excluding hydrogens is 362 g/mol. The van der Waals surface area contributed by atoms with E-state index in [2.05, 4.69) is 39.4 Å². The fraction of sp³-hybridized carbons (Fsp3) is 0.0833. The van der Waals surface area contributed by atoms with E-state index in [4.69, 9.17) is 4.74 Å². The topological polar surface area (TPSA) is 55.6 Å². The lowest BCUT2D eigenvalue weighted by Gasteiger charge is -2.05. The summed E-state index contributed by atoms with van der Waals surface area (Å²) in [4.78, 5) is 12.0. The molecule has 0 aliphatic carbocycles. The molecular formula is C24H21N3O2. The van der Waals surface area contributed by atoms with Crippen molar-refractivity contribution in [3.05, 3.63) is 102 Å². The molecule has 1 heterocycles. The Balaban J connectivity index is 1.44. The molecule has 0 saturated carbocycles. The van der Waals surface area contributed by atoms with Gasteiger partial charge in [-0.1, -0.05) is 66.7 Å². The van der Waals surface area contributed by atoms with Crippen LogP contribution < -0.4 is 10.2 Å². The molecule has 3 aromatic carbocycles. The van der Waals surface area contributed by atoms with Crippen molar-refractivity contribution in [2.45, 2.75) is 6.54 Å². The molecule has 0 saturated heterocycles. The van der Waals surface area contributed by atoms with Crippen LogP contribution in [0.15, 0.2) is 96.2 Å². The third-order valence-corrected chi connectivity index (χ3v) is 4.52. The first-order valence-corrected chi connectivity index (χ1v) is 9.41. The van der Waals surface area contributed by atoms with Gasteiger partial charge in [0.15, 0.2) is 6.61 Å². The Morgan fingerprint density at radius 2 is 1.62 bits per heavy atom. The summed E-state index contributed by atoms with van der Waals surface area (Å²) in [5.41, 5.74) is 5.81. The Morgan fingerprint density at radius 1 is 0.931 bits per heavy atom. The number of nitrogens with one attached hydrogen (secondary N) is 1. The van der Waals surface area contributed by atoms with Gasteiger partial charge in [-0.2, -0.15) is 5.10 Å². The summed E-state index contributed by atoms with van der Waals surface area (Å²) in [5, 5.41) is 5.19. The van der Waals surface area contributed by atoms with Crippen LogP contribution in [0.2, 0.25) is 0 Å². The van der Waals surface area contributed by atoms with E-state index in [1.165, 1.54) is 5.56 Å². The monoisotopic (exact) mass is 383 g/mol. The van der Waals surface area contributed by atoms with Crippen molar-refractivity contribution in [1.82, 2.24) is 9.99 Å². The first-order chi connectivity index (χ1) is 14.3. The molecule has 29 heavy (non-hydrogen) atoms. The molecule has 4 aromatic rings. The van der Waals surface area contributed by atoms with Crippen LogP contribution in [0.3, 0.4) is 0 Å². The smallest absolute Gasteiger partial charge is 0.277 e. The fourth-order valence-corrected chi connectivity index (χ4v) is 3.16. The molecule has 1 aromatic heterocycles. The molecule has 5 nitrogen and oxygen atoms in total. The van der Waals surface area contributed by atoms with Crippen LogP contribution in [0.25, 0.3) is 10.9 Å². The largest absolute Gasteiger partial charge is 0.484 e. The number of fused-ring (bicyclic) bond motifs is 1. The zero-order valence-corrected chi connectivity index (χ0v) is 15.9. The maximum absolute atomic E-state index is 12.0. The molecule has 5 heteroatoms. The van der Waals surface area contributed by atoms with Gasteiger partial charge in [0, 0.05) is 29.2 Å². The third-order valence-electron chi connectivity index (χ3n) is 4.52. The number of carbonyl (C=O) groups excluding carboxylic acids is 1. The highest BCUT2D eigenvalue weighted by Crippen LogP contribution is 2.21. The van der Waals surface area contributed by atoms with Gasteiger partial charge < -0.3 is 9.30 Å². The summed E-state index contributed by atoms with van der Waals surface area (Å²) in [5.74, 6) is 0.341. The van der Waals surface area contributed by atoms with Gasteiger partial charge in [-0.3, -0.25) is 4.79 Å². The number of rotatable bonds is 7. The maximum atomic E-state index is 12.0. The Morgan fingerprint density at radius 3 is 2.41 bits per heavy atom. The standard InChI is InChI=1S/C24H21N3O2/c28-24(18-29-21-11-5-2-6-12-21)26-25-15-20-17-27(16-19-9-3-1-4-10-19)23-14-8-7-13-22(20)23/h1-15,17H,16,18H2,(H,26,28)/b25-15+. The number of para-hydroxylation sites is 2. The summed E-state index contributed by atoms with van der Waals surface area (Å²) < 4.78 is 7.61. The number of nitrogens with zero attached hydrogens (tertiary/aromatic N) is 2. The first-order valence-electron chi connectivity index (χ1n) is 9.41. The van der Waals surface area contributed by atoms with E-state index < -0.39 is 0 Å². The lowest BCUT2D eigenvalue weighted by atomic mass is 10.2. The van der Waals surface area contributed by atoms with Crippen molar-refractivity contribution in [3.8, 4) is 5.75 Å². The molecule has 0 radical (unpaired) electrons. The highest BCUT2D eigenvalue weighted by Gasteiger charge is 2.07. The number of carbonyl (C=O) groups is 1. The molecule has 144 valence electrons. The second-order valence-electron chi connectivity index (χ2n) is 6.61. The molecule has 4 rings (SSSR count). The molecule has 1 amide bonds. The number of ether oxygens (including phenoxy) is 1. The van der Waals surface area contributed by atoms with E-state index in [0.29, 0.717) is 5.75 Å². The quantitative estimate of drug-likeness (QED) is 0.384. The van der Waals surface area contributed by atoms with Gasteiger partial charge >= 0.3 is 0 Å². The summed E-state index contributed by atoms with van der Waals surface area (Å²) in [7, 11) is 0. The number of benzene rings is 3. The number of hydrogen-bond acceptors (Lipinski definition) is 3. The summed E-state index contributed by atoms with van der Waals surface area (Å²) in [6.07, 6.45) is 3.72. The minimum absolute atomic E-state index is 0.0862. The van der Waals surface area contributed by atoms with Crippen molar-refractivity contribution in [1.29, 1.82) is 0 Å². The van der Waals surface area contributed by atoms with E-state index in [9.17, 15) is 4.79 Å². The van der Waals surface area contributed by atoms with Crippen LogP contribution in [-0.2, 0) is 11.3 Å². The first kappa shape index (κ1) is 18.5. The number of hydrazone groups is 1. The predicted molar refractivity (Wildman–Crippen MR) is 115 cm³/mol. The Labute approximate surface area is 169 Å². The molecule has 0 bridgehead atoms.